The molecule has 1 aromatic carbocycles. The summed E-state index contributed by atoms with van der Waals surface area (Å²) in [6.07, 6.45) is 1.18. The molecule has 0 spiro atoms. The zero-order valence-corrected chi connectivity index (χ0v) is 16.2. The van der Waals surface area contributed by atoms with Gasteiger partial charge < -0.3 is 24.8 Å². The molecule has 142 valence electrons. The second-order valence-electron chi connectivity index (χ2n) is 6.03. The van der Waals surface area contributed by atoms with Crippen molar-refractivity contribution in [3.05, 3.63) is 24.3 Å². The molecule has 0 radical (unpaired) electrons. The Morgan fingerprint density at radius 1 is 1.16 bits per heavy atom. The predicted octanol–water partition coefficient (Wildman–Crippen LogP) is 2.83. The van der Waals surface area contributed by atoms with Crippen LogP contribution < -0.4 is 20.1 Å². The van der Waals surface area contributed by atoms with Crippen molar-refractivity contribution in [3.8, 4) is 11.5 Å². The standard InChI is InChI=1S/C19H33N3O3/c1-6-20-19(21-11-8-12-24-15(2)3)22-14-16(4)25-18-10-7-9-17(13-18)23-5/h7,9-10,13,15-16H,6,8,11-12,14H2,1-5H3,(H2,20,21,22). The molecule has 0 heterocycles. The summed E-state index contributed by atoms with van der Waals surface area (Å²) in [5.74, 6) is 2.37. The maximum atomic E-state index is 5.89. The first-order valence-electron chi connectivity index (χ1n) is 8.99. The van der Waals surface area contributed by atoms with E-state index in [0.29, 0.717) is 6.54 Å². The van der Waals surface area contributed by atoms with Crippen molar-refractivity contribution in [2.75, 3.05) is 33.4 Å². The van der Waals surface area contributed by atoms with Gasteiger partial charge in [0.25, 0.3) is 0 Å². The van der Waals surface area contributed by atoms with Crippen LogP contribution in [0.1, 0.15) is 34.1 Å². The molecule has 0 saturated carbocycles. The molecule has 1 rings (SSSR count). The third kappa shape index (κ3) is 9.82. The summed E-state index contributed by atoms with van der Waals surface area (Å²) in [6.45, 7) is 11.1. The van der Waals surface area contributed by atoms with Gasteiger partial charge >= 0.3 is 0 Å². The Morgan fingerprint density at radius 3 is 2.60 bits per heavy atom. The molecule has 0 aliphatic rings. The van der Waals surface area contributed by atoms with Crippen LogP contribution >= 0.6 is 0 Å². The number of rotatable bonds is 11. The smallest absolute Gasteiger partial charge is 0.191 e. The molecule has 2 N–H and O–H groups in total. The Hall–Kier alpha value is -1.95. The summed E-state index contributed by atoms with van der Waals surface area (Å²) >= 11 is 0. The maximum absolute atomic E-state index is 5.89. The van der Waals surface area contributed by atoms with Gasteiger partial charge in [0.2, 0.25) is 0 Å². The minimum Gasteiger partial charge on any atom is -0.497 e. The molecule has 0 aromatic heterocycles. The van der Waals surface area contributed by atoms with Gasteiger partial charge in [-0.1, -0.05) is 6.07 Å². The maximum Gasteiger partial charge on any atom is 0.191 e. The summed E-state index contributed by atoms with van der Waals surface area (Å²) in [4.78, 5) is 4.58. The molecule has 0 fully saturated rings. The van der Waals surface area contributed by atoms with Crippen molar-refractivity contribution in [1.29, 1.82) is 0 Å². The van der Waals surface area contributed by atoms with Gasteiger partial charge in [-0.3, -0.25) is 0 Å². The van der Waals surface area contributed by atoms with Crippen LogP contribution in [0.25, 0.3) is 0 Å². The first kappa shape index (κ1) is 21.1. The first-order chi connectivity index (χ1) is 12.0. The van der Waals surface area contributed by atoms with E-state index < -0.39 is 0 Å². The van der Waals surface area contributed by atoms with Crippen LogP contribution in [0.3, 0.4) is 0 Å². The van der Waals surface area contributed by atoms with E-state index in [-0.39, 0.29) is 12.2 Å². The number of hydrogen-bond acceptors (Lipinski definition) is 4. The van der Waals surface area contributed by atoms with Crippen molar-refractivity contribution >= 4 is 5.96 Å². The van der Waals surface area contributed by atoms with E-state index in [1.807, 2.05) is 45.0 Å². The Morgan fingerprint density at radius 2 is 1.92 bits per heavy atom. The van der Waals surface area contributed by atoms with Crippen LogP contribution in [0.15, 0.2) is 29.3 Å². The molecule has 6 nitrogen and oxygen atoms in total. The minimum atomic E-state index is -0.0353. The molecule has 1 unspecified atom stereocenters. The van der Waals surface area contributed by atoms with E-state index in [1.165, 1.54) is 0 Å². The predicted molar refractivity (Wildman–Crippen MR) is 103 cm³/mol. The topological polar surface area (TPSA) is 64.1 Å². The zero-order valence-electron chi connectivity index (χ0n) is 16.2. The summed E-state index contributed by atoms with van der Waals surface area (Å²) in [7, 11) is 1.65. The summed E-state index contributed by atoms with van der Waals surface area (Å²) in [6, 6.07) is 7.60. The van der Waals surface area contributed by atoms with Gasteiger partial charge in [-0.05, 0) is 46.2 Å². The molecule has 1 atom stereocenters. The van der Waals surface area contributed by atoms with Gasteiger partial charge in [0.1, 0.15) is 17.6 Å². The lowest BCUT2D eigenvalue weighted by Crippen LogP contribution is -2.38. The normalized spacial score (nSPS) is 12.8. The van der Waals surface area contributed by atoms with Gasteiger partial charge in [0.15, 0.2) is 5.96 Å². The zero-order chi connectivity index (χ0) is 18.5. The number of nitrogens with one attached hydrogen (secondary N) is 2. The van der Waals surface area contributed by atoms with E-state index in [2.05, 4.69) is 22.5 Å². The van der Waals surface area contributed by atoms with Crippen LogP contribution in [0.5, 0.6) is 11.5 Å². The lowest BCUT2D eigenvalue weighted by Gasteiger charge is -2.16. The second-order valence-corrected chi connectivity index (χ2v) is 6.03. The first-order valence-corrected chi connectivity index (χ1v) is 8.99. The van der Waals surface area contributed by atoms with Crippen molar-refractivity contribution in [3.63, 3.8) is 0 Å². The van der Waals surface area contributed by atoms with Crippen LogP contribution in [0, 0.1) is 0 Å². The Bertz CT molecular complexity index is 506. The number of methoxy groups -OCH3 is 1. The number of nitrogens with zero attached hydrogens (tertiary/aromatic N) is 1. The quantitative estimate of drug-likeness (QED) is 0.365. The Labute approximate surface area is 152 Å². The highest BCUT2D eigenvalue weighted by Crippen LogP contribution is 2.19. The van der Waals surface area contributed by atoms with Gasteiger partial charge in [-0.15, -0.1) is 0 Å². The molecule has 0 bridgehead atoms. The SMILES string of the molecule is CCNC(=NCC(C)Oc1cccc(OC)c1)NCCCOC(C)C. The average molecular weight is 351 g/mol. The van der Waals surface area contributed by atoms with Gasteiger partial charge in [-0.25, -0.2) is 4.99 Å². The summed E-state index contributed by atoms with van der Waals surface area (Å²) in [5.41, 5.74) is 0. The fourth-order valence-corrected chi connectivity index (χ4v) is 2.10. The van der Waals surface area contributed by atoms with Crippen LogP contribution in [0.4, 0.5) is 0 Å². The molecule has 6 heteroatoms. The van der Waals surface area contributed by atoms with E-state index in [0.717, 1.165) is 43.6 Å². The number of ether oxygens (including phenoxy) is 3. The Kier molecular flexibility index (Phi) is 10.5. The highest BCUT2D eigenvalue weighted by molar-refractivity contribution is 5.79. The number of guanidine groups is 1. The molecule has 0 aliphatic heterocycles. The number of aliphatic imine (C=N–C) groups is 1. The molecular weight excluding hydrogens is 318 g/mol. The van der Waals surface area contributed by atoms with E-state index in [4.69, 9.17) is 14.2 Å². The fraction of sp³-hybridized carbons (Fsp3) is 0.632. The third-order valence-electron chi connectivity index (χ3n) is 3.29. The van der Waals surface area contributed by atoms with Crippen molar-refractivity contribution in [2.45, 2.75) is 46.3 Å². The fourth-order valence-electron chi connectivity index (χ4n) is 2.10. The van der Waals surface area contributed by atoms with Crippen molar-refractivity contribution in [1.82, 2.24) is 10.6 Å². The highest BCUT2D eigenvalue weighted by Gasteiger charge is 2.05. The van der Waals surface area contributed by atoms with Crippen LogP contribution in [-0.4, -0.2) is 51.5 Å². The van der Waals surface area contributed by atoms with Crippen LogP contribution in [-0.2, 0) is 4.74 Å². The highest BCUT2D eigenvalue weighted by atomic mass is 16.5. The average Bonchev–Trinajstić information content (AvgIpc) is 2.59. The van der Waals surface area contributed by atoms with Gasteiger partial charge in [0, 0.05) is 25.8 Å². The molecular formula is C19H33N3O3. The van der Waals surface area contributed by atoms with Crippen LogP contribution in [0.2, 0.25) is 0 Å². The van der Waals surface area contributed by atoms with E-state index in [9.17, 15) is 0 Å². The lowest BCUT2D eigenvalue weighted by atomic mass is 10.3. The molecule has 1 aromatic rings. The monoisotopic (exact) mass is 351 g/mol. The number of hydrogen-bond donors (Lipinski definition) is 2. The summed E-state index contributed by atoms with van der Waals surface area (Å²) in [5, 5.41) is 6.56. The van der Waals surface area contributed by atoms with Gasteiger partial charge in [0.05, 0.1) is 19.8 Å². The third-order valence-corrected chi connectivity index (χ3v) is 3.29. The van der Waals surface area contributed by atoms with Crippen molar-refractivity contribution < 1.29 is 14.2 Å². The van der Waals surface area contributed by atoms with E-state index >= 15 is 0 Å². The molecule has 0 aliphatic carbocycles. The van der Waals surface area contributed by atoms with Crippen molar-refractivity contribution in [2.24, 2.45) is 4.99 Å². The van der Waals surface area contributed by atoms with Gasteiger partial charge in [-0.2, -0.15) is 0 Å². The minimum absolute atomic E-state index is 0.0353. The van der Waals surface area contributed by atoms with E-state index in [1.54, 1.807) is 7.11 Å². The largest absolute Gasteiger partial charge is 0.497 e. The molecule has 0 saturated heterocycles. The number of benzene rings is 1. The molecule has 25 heavy (non-hydrogen) atoms. The molecule has 0 amide bonds. The summed E-state index contributed by atoms with van der Waals surface area (Å²) < 4.78 is 16.6. The Balaban J connectivity index is 2.41. The second kappa shape index (κ2) is 12.4. The lowest BCUT2D eigenvalue weighted by molar-refractivity contribution is 0.0776.